The Hall–Kier alpha value is -3.68. The van der Waals surface area contributed by atoms with Crippen LogP contribution in [0.3, 0.4) is 0 Å². The van der Waals surface area contributed by atoms with Gasteiger partial charge in [-0.05, 0) is 43.5 Å². The highest BCUT2D eigenvalue weighted by atomic mass is 16.2. The molecule has 3 aromatic rings. The van der Waals surface area contributed by atoms with Gasteiger partial charge in [0.15, 0.2) is 0 Å². The number of piperidine rings is 1. The molecule has 0 saturated carbocycles. The average Bonchev–Trinajstić information content (AvgIpc) is 3.32. The summed E-state index contributed by atoms with van der Waals surface area (Å²) in [6.07, 6.45) is 8.39. The van der Waals surface area contributed by atoms with Gasteiger partial charge in [0, 0.05) is 56.4 Å². The molecule has 1 aliphatic rings. The molecule has 3 heterocycles. The Kier molecular flexibility index (Phi) is 7.34. The number of para-hydroxylation sites is 1. The second kappa shape index (κ2) is 10.8. The number of likely N-dealkylation sites (tertiary alicyclic amines) is 1. The van der Waals surface area contributed by atoms with E-state index in [9.17, 15) is 9.59 Å². The zero-order valence-electron chi connectivity index (χ0n) is 18.9. The summed E-state index contributed by atoms with van der Waals surface area (Å²) < 4.78 is 1.78. The predicted octanol–water partition coefficient (Wildman–Crippen LogP) is 3.18. The first-order valence-electron chi connectivity index (χ1n) is 11.4. The van der Waals surface area contributed by atoms with Crippen LogP contribution in [0.2, 0.25) is 0 Å². The van der Waals surface area contributed by atoms with Gasteiger partial charge >= 0.3 is 0 Å². The molecule has 2 aromatic heterocycles. The van der Waals surface area contributed by atoms with Gasteiger partial charge in [-0.3, -0.25) is 19.3 Å². The van der Waals surface area contributed by atoms with Crippen molar-refractivity contribution in [1.82, 2.24) is 19.7 Å². The van der Waals surface area contributed by atoms with Gasteiger partial charge in [0.25, 0.3) is 0 Å². The van der Waals surface area contributed by atoms with Crippen LogP contribution >= 0.6 is 0 Å². The zero-order chi connectivity index (χ0) is 23.0. The van der Waals surface area contributed by atoms with Crippen LogP contribution in [-0.2, 0) is 22.7 Å². The fraction of sp³-hybridized carbons (Fsp3) is 0.360. The first kappa shape index (κ1) is 22.5. The number of aryl methyl sites for hydroxylation is 1. The summed E-state index contributed by atoms with van der Waals surface area (Å²) in [6.45, 7) is 4.82. The van der Waals surface area contributed by atoms with Crippen molar-refractivity contribution in [3.63, 3.8) is 0 Å². The molecule has 0 bridgehead atoms. The van der Waals surface area contributed by atoms with Gasteiger partial charge in [0.2, 0.25) is 11.8 Å². The average molecular weight is 447 g/mol. The Morgan fingerprint density at radius 3 is 2.55 bits per heavy atom. The minimum atomic E-state index is -0.0975. The lowest BCUT2D eigenvalue weighted by atomic mass is 9.95. The molecule has 2 amide bonds. The lowest BCUT2D eigenvalue weighted by Crippen LogP contribution is -2.45. The van der Waals surface area contributed by atoms with E-state index in [1.165, 1.54) is 0 Å². The van der Waals surface area contributed by atoms with E-state index < -0.39 is 0 Å². The minimum Gasteiger partial charge on any atom is -0.358 e. The number of amides is 2. The molecule has 0 spiro atoms. The zero-order valence-corrected chi connectivity index (χ0v) is 18.9. The molecule has 0 unspecified atom stereocenters. The van der Waals surface area contributed by atoms with Gasteiger partial charge in [-0.25, -0.2) is 0 Å². The topological polar surface area (TPSA) is 83.4 Å². The molecule has 1 aromatic carbocycles. The van der Waals surface area contributed by atoms with Crippen molar-refractivity contribution in [2.24, 2.45) is 5.92 Å². The van der Waals surface area contributed by atoms with E-state index >= 15 is 0 Å². The number of aromatic nitrogens is 3. The summed E-state index contributed by atoms with van der Waals surface area (Å²) in [5.41, 5.74) is 2.77. The molecule has 33 heavy (non-hydrogen) atoms. The van der Waals surface area contributed by atoms with Crippen LogP contribution in [0.1, 0.15) is 25.3 Å². The second-order valence-electron chi connectivity index (χ2n) is 8.28. The summed E-state index contributed by atoms with van der Waals surface area (Å²) in [4.78, 5) is 33.9. The number of hydrogen-bond donors (Lipinski definition) is 1. The van der Waals surface area contributed by atoms with Crippen LogP contribution < -0.4 is 10.2 Å². The number of benzene rings is 1. The highest BCUT2D eigenvalue weighted by molar-refractivity contribution is 5.92. The molecule has 4 rings (SSSR count). The van der Waals surface area contributed by atoms with Gasteiger partial charge in [-0.2, -0.15) is 5.10 Å². The van der Waals surface area contributed by atoms with Crippen molar-refractivity contribution in [2.45, 2.75) is 32.9 Å². The number of nitrogens with one attached hydrogen (secondary N) is 1. The third-order valence-corrected chi connectivity index (χ3v) is 5.99. The number of rotatable bonds is 8. The standard InChI is InChI=1S/C25H30N6O2/c1-2-31-18-22(16-27-31)28-25(33)21-10-13-29(14-11-21)24(32)19-30(23-8-4-3-5-9-23)17-20-7-6-12-26-15-20/h3-9,12,15-16,18,21H,2,10-11,13-14,17,19H2,1H3,(H,28,33). The monoisotopic (exact) mass is 446 g/mol. The van der Waals surface area contributed by atoms with Crippen molar-refractivity contribution in [1.29, 1.82) is 0 Å². The molecule has 0 radical (unpaired) electrons. The molecule has 1 saturated heterocycles. The Labute approximate surface area is 194 Å². The summed E-state index contributed by atoms with van der Waals surface area (Å²) in [5.74, 6) is -0.0225. The third-order valence-electron chi connectivity index (χ3n) is 5.99. The van der Waals surface area contributed by atoms with E-state index in [4.69, 9.17) is 0 Å². The lowest BCUT2D eigenvalue weighted by Gasteiger charge is -2.33. The van der Waals surface area contributed by atoms with Crippen LogP contribution in [0.15, 0.2) is 67.3 Å². The quantitative estimate of drug-likeness (QED) is 0.575. The van der Waals surface area contributed by atoms with Crippen molar-refractivity contribution >= 4 is 23.2 Å². The van der Waals surface area contributed by atoms with Gasteiger partial charge in [-0.15, -0.1) is 0 Å². The number of nitrogens with zero attached hydrogens (tertiary/aromatic N) is 5. The van der Waals surface area contributed by atoms with E-state index in [0.717, 1.165) is 17.8 Å². The van der Waals surface area contributed by atoms with Crippen LogP contribution in [0.25, 0.3) is 0 Å². The highest BCUT2D eigenvalue weighted by Crippen LogP contribution is 2.21. The van der Waals surface area contributed by atoms with E-state index in [0.29, 0.717) is 38.2 Å². The van der Waals surface area contributed by atoms with E-state index in [-0.39, 0.29) is 24.3 Å². The minimum absolute atomic E-state index is 0.000224. The fourth-order valence-electron chi connectivity index (χ4n) is 4.09. The van der Waals surface area contributed by atoms with Crippen LogP contribution in [0.5, 0.6) is 0 Å². The summed E-state index contributed by atoms with van der Waals surface area (Å²) >= 11 is 0. The Morgan fingerprint density at radius 1 is 1.09 bits per heavy atom. The van der Waals surface area contributed by atoms with Gasteiger partial charge < -0.3 is 15.1 Å². The van der Waals surface area contributed by atoms with E-state index in [1.54, 1.807) is 17.1 Å². The third kappa shape index (κ3) is 5.97. The van der Waals surface area contributed by atoms with Crippen LogP contribution in [-0.4, -0.2) is 51.1 Å². The molecular formula is C25H30N6O2. The number of hydrogen-bond acceptors (Lipinski definition) is 5. The summed E-state index contributed by atoms with van der Waals surface area (Å²) in [6, 6.07) is 13.9. The number of anilines is 2. The van der Waals surface area contributed by atoms with E-state index in [2.05, 4.69) is 20.3 Å². The number of pyridine rings is 1. The van der Waals surface area contributed by atoms with Crippen molar-refractivity contribution in [2.75, 3.05) is 29.9 Å². The molecule has 172 valence electrons. The lowest BCUT2D eigenvalue weighted by molar-refractivity contribution is -0.133. The second-order valence-corrected chi connectivity index (χ2v) is 8.28. The maximum Gasteiger partial charge on any atom is 0.242 e. The van der Waals surface area contributed by atoms with E-state index in [1.807, 2.05) is 66.7 Å². The smallest absolute Gasteiger partial charge is 0.242 e. The maximum absolute atomic E-state index is 13.1. The normalized spacial score (nSPS) is 14.2. The summed E-state index contributed by atoms with van der Waals surface area (Å²) in [5, 5.41) is 7.14. The number of carbonyl (C=O) groups is 2. The molecule has 8 nitrogen and oxygen atoms in total. The molecule has 1 N–H and O–H groups in total. The number of carbonyl (C=O) groups excluding carboxylic acids is 2. The molecule has 1 aliphatic heterocycles. The van der Waals surface area contributed by atoms with Crippen molar-refractivity contribution in [3.8, 4) is 0 Å². The Morgan fingerprint density at radius 2 is 1.88 bits per heavy atom. The molecular weight excluding hydrogens is 416 g/mol. The van der Waals surface area contributed by atoms with Gasteiger partial charge in [0.1, 0.15) is 0 Å². The van der Waals surface area contributed by atoms with Crippen molar-refractivity contribution < 1.29 is 9.59 Å². The molecule has 8 heteroatoms. The molecule has 1 fully saturated rings. The Balaban J connectivity index is 1.33. The highest BCUT2D eigenvalue weighted by Gasteiger charge is 2.28. The molecule has 0 aliphatic carbocycles. The fourth-order valence-corrected chi connectivity index (χ4v) is 4.09. The first-order valence-corrected chi connectivity index (χ1v) is 11.4. The van der Waals surface area contributed by atoms with Crippen molar-refractivity contribution in [3.05, 3.63) is 72.8 Å². The predicted molar refractivity (Wildman–Crippen MR) is 128 cm³/mol. The summed E-state index contributed by atoms with van der Waals surface area (Å²) in [7, 11) is 0. The molecule has 0 atom stereocenters. The maximum atomic E-state index is 13.1. The largest absolute Gasteiger partial charge is 0.358 e. The van der Waals surface area contributed by atoms with Gasteiger partial charge in [0.05, 0.1) is 18.4 Å². The SMILES string of the molecule is CCn1cc(NC(=O)C2CCN(C(=O)CN(Cc3cccnc3)c3ccccc3)CC2)cn1. The Bertz CT molecular complexity index is 1050. The van der Waals surface area contributed by atoms with Gasteiger partial charge in [-0.1, -0.05) is 24.3 Å². The first-order chi connectivity index (χ1) is 16.1. The van der Waals surface area contributed by atoms with Crippen LogP contribution in [0, 0.1) is 5.92 Å². The van der Waals surface area contributed by atoms with Crippen LogP contribution in [0.4, 0.5) is 11.4 Å².